The smallest absolute Gasteiger partial charge is 0.345 e. The molecule has 1 rings (SSSR count). The maximum Gasteiger partial charge on any atom is 0.345 e. The minimum Gasteiger partial charge on any atom is -0.477 e. The van der Waals surface area contributed by atoms with Crippen LogP contribution in [-0.2, 0) is 0 Å². The number of rotatable bonds is 3. The minimum atomic E-state index is -0.845. The van der Waals surface area contributed by atoms with Gasteiger partial charge in [-0.25, -0.2) is 4.79 Å². The van der Waals surface area contributed by atoms with Crippen LogP contribution in [0.5, 0.6) is 0 Å². The topological polar surface area (TPSA) is 37.3 Å². The number of carbonyl (C=O) groups is 1. The largest absolute Gasteiger partial charge is 0.477 e. The van der Waals surface area contributed by atoms with Gasteiger partial charge in [0.15, 0.2) is 0 Å². The fraction of sp³-hybridized carbons (Fsp3) is 0.300. The van der Waals surface area contributed by atoms with E-state index in [2.05, 4.69) is 6.92 Å². The van der Waals surface area contributed by atoms with Crippen molar-refractivity contribution in [2.24, 2.45) is 0 Å². The summed E-state index contributed by atoms with van der Waals surface area (Å²) in [6.07, 6.45) is 2.97. The van der Waals surface area contributed by atoms with Gasteiger partial charge in [0.1, 0.15) is 4.88 Å². The normalized spacial score (nSPS) is 11.7. The van der Waals surface area contributed by atoms with Crippen LogP contribution in [0.1, 0.15) is 34.8 Å². The average molecular weight is 196 g/mol. The first-order chi connectivity index (χ1) is 6.19. The molecule has 0 atom stereocenters. The van der Waals surface area contributed by atoms with Crippen molar-refractivity contribution in [2.75, 3.05) is 0 Å². The highest BCUT2D eigenvalue weighted by molar-refractivity contribution is 7.15. The summed E-state index contributed by atoms with van der Waals surface area (Å²) in [6.45, 7) is 4.04. The maximum absolute atomic E-state index is 10.6. The van der Waals surface area contributed by atoms with Gasteiger partial charge < -0.3 is 5.11 Å². The Balaban J connectivity index is 2.97. The Hall–Kier alpha value is -1.09. The van der Waals surface area contributed by atoms with Gasteiger partial charge in [0.2, 0.25) is 0 Å². The molecule has 1 N–H and O–H groups in total. The fourth-order valence-corrected chi connectivity index (χ4v) is 2.14. The van der Waals surface area contributed by atoms with Crippen molar-refractivity contribution >= 4 is 22.9 Å². The number of aromatic carboxylic acids is 1. The summed E-state index contributed by atoms with van der Waals surface area (Å²) in [5.74, 6) is -0.845. The second-order valence-electron chi connectivity index (χ2n) is 2.64. The lowest BCUT2D eigenvalue weighted by Crippen LogP contribution is -1.89. The monoisotopic (exact) mass is 196 g/mol. The Kier molecular flexibility index (Phi) is 3.25. The van der Waals surface area contributed by atoms with Crippen LogP contribution in [0.2, 0.25) is 0 Å². The lowest BCUT2D eigenvalue weighted by Gasteiger charge is -1.97. The van der Waals surface area contributed by atoms with Crippen LogP contribution >= 0.6 is 11.3 Å². The molecule has 0 unspecified atom stereocenters. The zero-order chi connectivity index (χ0) is 9.84. The van der Waals surface area contributed by atoms with Crippen molar-refractivity contribution in [1.82, 2.24) is 0 Å². The lowest BCUT2D eigenvalue weighted by atomic mass is 10.1. The van der Waals surface area contributed by atoms with Gasteiger partial charge in [-0.15, -0.1) is 11.3 Å². The molecule has 0 saturated carbocycles. The predicted molar refractivity (Wildman–Crippen MR) is 55.2 cm³/mol. The molecule has 1 aromatic heterocycles. The molecule has 0 spiro atoms. The number of carboxylic acids is 1. The zero-order valence-electron chi connectivity index (χ0n) is 7.70. The Morgan fingerprint density at radius 2 is 2.15 bits per heavy atom. The number of thiophene rings is 1. The SMILES string of the molecule is CC=C(CC)c1ccc(C(=O)O)s1. The van der Waals surface area contributed by atoms with Gasteiger partial charge in [0, 0.05) is 4.88 Å². The van der Waals surface area contributed by atoms with E-state index in [9.17, 15) is 4.79 Å². The molecule has 0 aliphatic carbocycles. The molecule has 3 heteroatoms. The highest BCUT2D eigenvalue weighted by Crippen LogP contribution is 2.26. The Morgan fingerprint density at radius 1 is 1.54 bits per heavy atom. The molecule has 0 saturated heterocycles. The summed E-state index contributed by atoms with van der Waals surface area (Å²) >= 11 is 1.33. The standard InChI is InChI=1S/C10H12O2S/c1-3-7(4-2)8-5-6-9(13-8)10(11)12/h3,5-6H,4H2,1-2H3,(H,11,12). The highest BCUT2D eigenvalue weighted by atomic mass is 32.1. The van der Waals surface area contributed by atoms with Gasteiger partial charge in [-0.05, 0) is 31.1 Å². The Bertz CT molecular complexity index is 336. The average Bonchev–Trinajstić information content (AvgIpc) is 2.56. The molecule has 0 bridgehead atoms. The van der Waals surface area contributed by atoms with Crippen LogP contribution in [0.15, 0.2) is 18.2 Å². The first kappa shape index (κ1) is 9.99. The van der Waals surface area contributed by atoms with Gasteiger partial charge in [0.25, 0.3) is 0 Å². The van der Waals surface area contributed by atoms with E-state index in [0.29, 0.717) is 4.88 Å². The van der Waals surface area contributed by atoms with Crippen molar-refractivity contribution in [1.29, 1.82) is 0 Å². The van der Waals surface area contributed by atoms with E-state index in [4.69, 9.17) is 5.11 Å². The van der Waals surface area contributed by atoms with E-state index < -0.39 is 5.97 Å². The number of hydrogen-bond donors (Lipinski definition) is 1. The first-order valence-electron chi connectivity index (χ1n) is 4.17. The lowest BCUT2D eigenvalue weighted by molar-refractivity contribution is 0.0702. The van der Waals surface area contributed by atoms with Crippen molar-refractivity contribution in [2.45, 2.75) is 20.3 Å². The molecule has 13 heavy (non-hydrogen) atoms. The molecular weight excluding hydrogens is 184 g/mol. The summed E-state index contributed by atoms with van der Waals surface area (Å²) in [5.41, 5.74) is 1.21. The summed E-state index contributed by atoms with van der Waals surface area (Å²) in [7, 11) is 0. The third kappa shape index (κ3) is 2.18. The quantitative estimate of drug-likeness (QED) is 0.805. The van der Waals surface area contributed by atoms with Crippen LogP contribution in [0, 0.1) is 0 Å². The third-order valence-electron chi connectivity index (χ3n) is 1.86. The summed E-state index contributed by atoms with van der Waals surface area (Å²) in [6, 6.07) is 3.52. The predicted octanol–water partition coefficient (Wildman–Crippen LogP) is 3.26. The highest BCUT2D eigenvalue weighted by Gasteiger charge is 2.08. The molecule has 70 valence electrons. The fourth-order valence-electron chi connectivity index (χ4n) is 1.15. The number of allylic oxidation sites excluding steroid dienone is 2. The van der Waals surface area contributed by atoms with Crippen molar-refractivity contribution in [3.63, 3.8) is 0 Å². The van der Waals surface area contributed by atoms with E-state index in [1.807, 2.05) is 19.1 Å². The van der Waals surface area contributed by atoms with Gasteiger partial charge in [0.05, 0.1) is 0 Å². The van der Waals surface area contributed by atoms with Gasteiger partial charge in [-0.1, -0.05) is 13.0 Å². The minimum absolute atomic E-state index is 0.405. The van der Waals surface area contributed by atoms with Crippen molar-refractivity contribution < 1.29 is 9.90 Å². The Morgan fingerprint density at radius 3 is 2.54 bits per heavy atom. The van der Waals surface area contributed by atoms with Crippen LogP contribution in [-0.4, -0.2) is 11.1 Å². The van der Waals surface area contributed by atoms with Gasteiger partial charge in [-0.2, -0.15) is 0 Å². The van der Waals surface area contributed by atoms with E-state index in [-0.39, 0.29) is 0 Å². The maximum atomic E-state index is 10.6. The molecule has 0 aromatic carbocycles. The number of carboxylic acid groups (broad SMARTS) is 1. The second-order valence-corrected chi connectivity index (χ2v) is 3.72. The molecule has 0 fully saturated rings. The molecule has 2 nitrogen and oxygen atoms in total. The summed E-state index contributed by atoms with van der Waals surface area (Å²) in [4.78, 5) is 12.1. The van der Waals surface area contributed by atoms with Crippen LogP contribution in [0.3, 0.4) is 0 Å². The zero-order valence-corrected chi connectivity index (χ0v) is 8.52. The van der Waals surface area contributed by atoms with Gasteiger partial charge >= 0.3 is 5.97 Å². The van der Waals surface area contributed by atoms with Gasteiger partial charge in [-0.3, -0.25) is 0 Å². The third-order valence-corrected chi connectivity index (χ3v) is 3.01. The van der Waals surface area contributed by atoms with Crippen LogP contribution in [0.4, 0.5) is 0 Å². The van der Waals surface area contributed by atoms with Crippen molar-refractivity contribution in [3.05, 3.63) is 28.0 Å². The second kappa shape index (κ2) is 4.23. The van der Waals surface area contributed by atoms with E-state index >= 15 is 0 Å². The van der Waals surface area contributed by atoms with Crippen molar-refractivity contribution in [3.8, 4) is 0 Å². The molecule has 0 amide bonds. The molecule has 0 aliphatic heterocycles. The molecule has 1 heterocycles. The van der Waals surface area contributed by atoms with E-state index in [1.165, 1.54) is 16.9 Å². The molecule has 1 aromatic rings. The molecular formula is C10H12O2S. The molecule has 0 radical (unpaired) electrons. The first-order valence-corrected chi connectivity index (χ1v) is 4.99. The van der Waals surface area contributed by atoms with Crippen LogP contribution in [0.25, 0.3) is 5.57 Å². The van der Waals surface area contributed by atoms with Crippen LogP contribution < -0.4 is 0 Å². The number of hydrogen-bond acceptors (Lipinski definition) is 2. The Labute approximate surface area is 81.5 Å². The van der Waals surface area contributed by atoms with E-state index in [1.54, 1.807) is 6.07 Å². The summed E-state index contributed by atoms with van der Waals surface area (Å²) in [5, 5.41) is 8.72. The van der Waals surface area contributed by atoms with E-state index in [0.717, 1.165) is 11.3 Å². The molecule has 0 aliphatic rings. The summed E-state index contributed by atoms with van der Waals surface area (Å²) < 4.78 is 0.